The number of aromatic nitrogens is 1. The zero-order valence-corrected chi connectivity index (χ0v) is 10.6. The van der Waals surface area contributed by atoms with Crippen LogP contribution in [0.5, 0.6) is 0 Å². The van der Waals surface area contributed by atoms with Crippen LogP contribution in [0.15, 0.2) is 42.6 Å². The number of rotatable bonds is 2. The van der Waals surface area contributed by atoms with E-state index in [0.29, 0.717) is 0 Å². The van der Waals surface area contributed by atoms with E-state index in [1.165, 1.54) is 6.07 Å². The van der Waals surface area contributed by atoms with Gasteiger partial charge in [-0.3, -0.25) is 0 Å². The van der Waals surface area contributed by atoms with Crippen LogP contribution in [-0.4, -0.2) is 31.2 Å². The van der Waals surface area contributed by atoms with Crippen molar-refractivity contribution >= 4 is 5.82 Å². The van der Waals surface area contributed by atoms with E-state index in [0.717, 1.165) is 43.1 Å². The van der Waals surface area contributed by atoms with Gasteiger partial charge in [-0.1, -0.05) is 12.1 Å². The highest BCUT2D eigenvalue weighted by atomic mass is 19.1. The second-order valence-electron chi connectivity index (χ2n) is 4.62. The Labute approximate surface area is 112 Å². The van der Waals surface area contributed by atoms with Gasteiger partial charge in [-0.15, -0.1) is 0 Å². The molecule has 1 aliphatic rings. The fourth-order valence-electron chi connectivity index (χ4n) is 2.41. The first-order valence-corrected chi connectivity index (χ1v) is 6.51. The molecule has 3 nitrogen and oxygen atoms in total. The maximum absolute atomic E-state index is 13.4. The van der Waals surface area contributed by atoms with Crippen LogP contribution in [-0.2, 0) is 0 Å². The number of benzene rings is 1. The summed E-state index contributed by atoms with van der Waals surface area (Å²) in [4.78, 5) is 6.73. The third-order valence-electron chi connectivity index (χ3n) is 3.34. The molecule has 3 rings (SSSR count). The number of nitrogens with zero attached hydrogens (tertiary/aromatic N) is 2. The highest BCUT2D eigenvalue weighted by Crippen LogP contribution is 2.29. The number of piperazine rings is 1. The first-order valence-electron chi connectivity index (χ1n) is 6.51. The van der Waals surface area contributed by atoms with E-state index >= 15 is 0 Å². The molecule has 2 aromatic rings. The zero-order chi connectivity index (χ0) is 13.1. The first kappa shape index (κ1) is 12.1. The number of halogens is 1. The van der Waals surface area contributed by atoms with E-state index in [1.54, 1.807) is 18.3 Å². The van der Waals surface area contributed by atoms with Gasteiger partial charge in [0.25, 0.3) is 0 Å². The summed E-state index contributed by atoms with van der Waals surface area (Å²) in [6, 6.07) is 10.6. The fraction of sp³-hybridized carbons (Fsp3) is 0.267. The number of anilines is 1. The molecule has 1 saturated heterocycles. The Hall–Kier alpha value is -1.94. The van der Waals surface area contributed by atoms with Crippen molar-refractivity contribution in [1.82, 2.24) is 10.3 Å². The number of pyridine rings is 1. The second kappa shape index (κ2) is 5.36. The minimum absolute atomic E-state index is 0.215. The smallest absolute Gasteiger partial charge is 0.136 e. The van der Waals surface area contributed by atoms with Gasteiger partial charge < -0.3 is 10.2 Å². The van der Waals surface area contributed by atoms with Gasteiger partial charge in [0.1, 0.15) is 11.6 Å². The van der Waals surface area contributed by atoms with Gasteiger partial charge in [-0.25, -0.2) is 9.37 Å². The Morgan fingerprint density at radius 1 is 1.11 bits per heavy atom. The minimum Gasteiger partial charge on any atom is -0.354 e. The van der Waals surface area contributed by atoms with Crippen molar-refractivity contribution in [2.45, 2.75) is 0 Å². The normalized spacial score (nSPS) is 15.5. The van der Waals surface area contributed by atoms with Crippen molar-refractivity contribution in [2.75, 3.05) is 31.1 Å². The standard InChI is InChI=1S/C15H16FN3/c16-13-4-1-3-12(11-13)14-5-2-6-18-15(14)19-9-7-17-8-10-19/h1-6,11,17H,7-10H2. The van der Waals surface area contributed by atoms with Gasteiger partial charge in [0.2, 0.25) is 0 Å². The van der Waals surface area contributed by atoms with Crippen molar-refractivity contribution in [3.63, 3.8) is 0 Å². The molecule has 1 N–H and O–H groups in total. The summed E-state index contributed by atoms with van der Waals surface area (Å²) in [5, 5.41) is 3.32. The highest BCUT2D eigenvalue weighted by molar-refractivity contribution is 5.75. The Kier molecular flexibility index (Phi) is 3.42. The molecule has 1 fully saturated rings. The molecule has 0 aliphatic carbocycles. The Balaban J connectivity index is 2.01. The van der Waals surface area contributed by atoms with Gasteiger partial charge in [0.15, 0.2) is 0 Å². The molecule has 2 heterocycles. The SMILES string of the molecule is Fc1cccc(-c2cccnc2N2CCNCC2)c1. The molecule has 0 atom stereocenters. The lowest BCUT2D eigenvalue weighted by Gasteiger charge is -2.30. The Bertz CT molecular complexity index is 565. The Morgan fingerprint density at radius 2 is 1.95 bits per heavy atom. The predicted octanol–water partition coefficient (Wildman–Crippen LogP) is 2.30. The van der Waals surface area contributed by atoms with E-state index in [1.807, 2.05) is 18.2 Å². The lowest BCUT2D eigenvalue weighted by Crippen LogP contribution is -2.44. The molecule has 0 unspecified atom stereocenters. The summed E-state index contributed by atoms with van der Waals surface area (Å²) in [6.45, 7) is 3.77. The summed E-state index contributed by atoms with van der Waals surface area (Å²) in [5.74, 6) is 0.724. The van der Waals surface area contributed by atoms with Crippen LogP contribution in [0.3, 0.4) is 0 Å². The molecule has 1 aromatic heterocycles. The lowest BCUT2D eigenvalue weighted by atomic mass is 10.1. The van der Waals surface area contributed by atoms with E-state index in [9.17, 15) is 4.39 Å². The molecule has 19 heavy (non-hydrogen) atoms. The van der Waals surface area contributed by atoms with Gasteiger partial charge in [-0.05, 0) is 29.8 Å². The second-order valence-corrected chi connectivity index (χ2v) is 4.62. The van der Waals surface area contributed by atoms with E-state index < -0.39 is 0 Å². The summed E-state index contributed by atoms with van der Waals surface area (Å²) in [6.07, 6.45) is 1.79. The number of hydrogen-bond acceptors (Lipinski definition) is 3. The summed E-state index contributed by atoms with van der Waals surface area (Å²) in [7, 11) is 0. The van der Waals surface area contributed by atoms with E-state index in [4.69, 9.17) is 0 Å². The molecule has 4 heteroatoms. The molecule has 98 valence electrons. The fourth-order valence-corrected chi connectivity index (χ4v) is 2.41. The summed E-state index contributed by atoms with van der Waals surface area (Å²) in [5.41, 5.74) is 1.87. The van der Waals surface area contributed by atoms with Crippen molar-refractivity contribution in [3.05, 3.63) is 48.4 Å². The maximum atomic E-state index is 13.4. The Morgan fingerprint density at radius 3 is 2.74 bits per heavy atom. The molecule has 0 radical (unpaired) electrons. The van der Waals surface area contributed by atoms with Crippen molar-refractivity contribution in [2.24, 2.45) is 0 Å². The van der Waals surface area contributed by atoms with Gasteiger partial charge in [0.05, 0.1) is 0 Å². The number of hydrogen-bond donors (Lipinski definition) is 1. The molecule has 0 spiro atoms. The molecule has 1 aliphatic heterocycles. The van der Waals surface area contributed by atoms with Crippen LogP contribution in [0, 0.1) is 5.82 Å². The average molecular weight is 257 g/mol. The van der Waals surface area contributed by atoms with Crippen LogP contribution in [0.4, 0.5) is 10.2 Å². The predicted molar refractivity (Wildman–Crippen MR) is 74.7 cm³/mol. The largest absolute Gasteiger partial charge is 0.354 e. The van der Waals surface area contributed by atoms with E-state index in [-0.39, 0.29) is 5.82 Å². The van der Waals surface area contributed by atoms with Crippen molar-refractivity contribution < 1.29 is 4.39 Å². The summed E-state index contributed by atoms with van der Waals surface area (Å²) >= 11 is 0. The van der Waals surface area contributed by atoms with E-state index in [2.05, 4.69) is 15.2 Å². The first-order chi connectivity index (χ1) is 9.34. The molecule has 0 amide bonds. The van der Waals surface area contributed by atoms with Gasteiger partial charge >= 0.3 is 0 Å². The van der Waals surface area contributed by atoms with Crippen LogP contribution in [0.1, 0.15) is 0 Å². The molecule has 0 bridgehead atoms. The summed E-state index contributed by atoms with van der Waals surface area (Å²) < 4.78 is 13.4. The molecule has 1 aromatic carbocycles. The van der Waals surface area contributed by atoms with Gasteiger partial charge in [-0.2, -0.15) is 0 Å². The molecular weight excluding hydrogens is 241 g/mol. The van der Waals surface area contributed by atoms with Crippen molar-refractivity contribution in [3.8, 4) is 11.1 Å². The lowest BCUT2D eigenvalue weighted by molar-refractivity contribution is 0.585. The highest BCUT2D eigenvalue weighted by Gasteiger charge is 2.16. The van der Waals surface area contributed by atoms with Crippen molar-refractivity contribution in [1.29, 1.82) is 0 Å². The quantitative estimate of drug-likeness (QED) is 0.894. The zero-order valence-electron chi connectivity index (χ0n) is 10.6. The molecule has 0 saturated carbocycles. The average Bonchev–Trinajstić information content (AvgIpc) is 2.48. The number of nitrogens with one attached hydrogen (secondary N) is 1. The minimum atomic E-state index is -0.215. The topological polar surface area (TPSA) is 28.2 Å². The van der Waals surface area contributed by atoms with Crippen LogP contribution in [0.25, 0.3) is 11.1 Å². The van der Waals surface area contributed by atoms with Gasteiger partial charge in [0, 0.05) is 37.9 Å². The maximum Gasteiger partial charge on any atom is 0.136 e. The third-order valence-corrected chi connectivity index (χ3v) is 3.34. The monoisotopic (exact) mass is 257 g/mol. The van der Waals surface area contributed by atoms with Crippen LogP contribution < -0.4 is 10.2 Å². The van der Waals surface area contributed by atoms with Crippen LogP contribution >= 0.6 is 0 Å². The molecular formula is C15H16FN3. The third kappa shape index (κ3) is 2.58. The van der Waals surface area contributed by atoms with Crippen LogP contribution in [0.2, 0.25) is 0 Å².